The molecule has 0 aliphatic rings. The Hall–Kier alpha value is -2.28. The summed E-state index contributed by atoms with van der Waals surface area (Å²) in [6, 6.07) is 16.7. The molecule has 8 heteroatoms. The van der Waals surface area contributed by atoms with Gasteiger partial charge in [0.15, 0.2) is 0 Å². The molecule has 0 aliphatic carbocycles. The van der Waals surface area contributed by atoms with Crippen LogP contribution in [0.15, 0.2) is 54.6 Å². The zero-order valence-corrected chi connectivity index (χ0v) is 16.3. The topological polar surface area (TPSA) is 95.5 Å². The summed E-state index contributed by atoms with van der Waals surface area (Å²) in [7, 11) is 1.58. The molecule has 0 fully saturated rings. The van der Waals surface area contributed by atoms with Crippen molar-refractivity contribution in [2.75, 3.05) is 17.6 Å². The molecule has 0 saturated heterocycles. The molecule has 0 spiro atoms. The summed E-state index contributed by atoms with van der Waals surface area (Å²) in [4.78, 5) is 34.4. The summed E-state index contributed by atoms with van der Waals surface area (Å²) in [6.07, 6.45) is 0.248. The molecule has 0 bridgehead atoms. The fourth-order valence-electron chi connectivity index (χ4n) is 1.95. The Balaban J connectivity index is 1.85. The number of anilines is 1. The van der Waals surface area contributed by atoms with Crippen LogP contribution in [0.2, 0.25) is 0 Å². The van der Waals surface area contributed by atoms with E-state index in [0.717, 1.165) is 10.1 Å². The number of carbonyl (C=O) groups excluding carboxylic acids is 2. The Morgan fingerprint density at radius 3 is 2.42 bits per heavy atom. The van der Waals surface area contributed by atoms with Gasteiger partial charge in [-0.3, -0.25) is 0 Å². The maximum atomic E-state index is 12.5. The van der Waals surface area contributed by atoms with Gasteiger partial charge in [0.2, 0.25) is 0 Å². The van der Waals surface area contributed by atoms with E-state index in [-0.39, 0.29) is 38.6 Å². The maximum absolute atomic E-state index is 12.5. The molecule has 2 aromatic carbocycles. The van der Waals surface area contributed by atoms with Crippen molar-refractivity contribution < 1.29 is 19.5 Å². The van der Waals surface area contributed by atoms with E-state index in [1.807, 2.05) is 48.5 Å². The van der Waals surface area contributed by atoms with Crippen LogP contribution in [0.1, 0.15) is 16.8 Å². The van der Waals surface area contributed by atoms with Crippen molar-refractivity contribution in [3.05, 3.63) is 60.2 Å². The van der Waals surface area contributed by atoms with Crippen LogP contribution in [0.3, 0.4) is 0 Å². The van der Waals surface area contributed by atoms with Crippen molar-refractivity contribution >= 4 is 51.9 Å². The van der Waals surface area contributed by atoms with E-state index in [0.29, 0.717) is 11.3 Å². The number of aliphatic carboxylic acids is 1. The molecular weight excluding hydrogens is 419 g/mol. The number of hydrogen-bond acceptors (Lipinski definition) is 4. The van der Waals surface area contributed by atoms with Crippen molar-refractivity contribution in [2.45, 2.75) is 6.42 Å². The summed E-state index contributed by atoms with van der Waals surface area (Å²) in [5.41, 5.74) is 1.36. The molecule has 0 aliphatic heterocycles. The second-order valence-electron chi connectivity index (χ2n) is 5.14. The monoisotopic (exact) mass is 438 g/mol. The zero-order chi connectivity index (χ0) is 18.8. The Bertz CT molecular complexity index is 771. The van der Waals surface area contributed by atoms with Gasteiger partial charge in [0.1, 0.15) is 0 Å². The quantitative estimate of drug-likeness (QED) is 0.408. The van der Waals surface area contributed by atoms with Crippen LogP contribution in [-0.2, 0) is 9.59 Å². The molecule has 0 aromatic heterocycles. The van der Waals surface area contributed by atoms with Crippen LogP contribution in [0.25, 0.3) is 0 Å². The van der Waals surface area contributed by atoms with Gasteiger partial charge in [0.25, 0.3) is 0 Å². The van der Waals surface area contributed by atoms with Gasteiger partial charge >= 0.3 is 161 Å². The Labute approximate surface area is 161 Å². The molecule has 26 heavy (non-hydrogen) atoms. The van der Waals surface area contributed by atoms with Crippen molar-refractivity contribution in [1.82, 2.24) is 5.32 Å². The predicted molar refractivity (Wildman–Crippen MR) is 104 cm³/mol. The van der Waals surface area contributed by atoms with Gasteiger partial charge in [-0.15, -0.1) is 0 Å². The molecule has 2 amide bonds. The van der Waals surface area contributed by atoms with E-state index >= 15 is 0 Å². The van der Waals surface area contributed by atoms with Crippen LogP contribution in [0, 0.1) is 0 Å². The minimum absolute atomic E-state index is 0.0301. The van der Waals surface area contributed by atoms with Gasteiger partial charge in [-0.05, 0) is 0 Å². The molecule has 0 unspecified atom stereocenters. The molecule has 0 atom stereocenters. The minimum atomic E-state index is -1.06. The summed E-state index contributed by atoms with van der Waals surface area (Å²) in [5, 5.41) is 13.7. The third-order valence-corrected chi connectivity index (χ3v) is 7.50. The predicted octanol–water partition coefficient (Wildman–Crippen LogP) is 1.51. The van der Waals surface area contributed by atoms with Crippen molar-refractivity contribution in [3.63, 3.8) is 0 Å². The van der Waals surface area contributed by atoms with E-state index < -0.39 is 5.97 Å². The molecule has 6 nitrogen and oxygen atoms in total. The third-order valence-electron chi connectivity index (χ3n) is 3.16. The Morgan fingerprint density at radius 1 is 1.00 bits per heavy atom. The first-order valence-electron chi connectivity index (χ1n) is 7.79. The first kappa shape index (κ1) is 20.0. The van der Waals surface area contributed by atoms with Gasteiger partial charge < -0.3 is 0 Å². The normalized spacial score (nSPS) is 10.2. The summed E-state index contributed by atoms with van der Waals surface area (Å²) in [6.45, 7) is -0.364. The Kier molecular flexibility index (Phi) is 8.21. The first-order chi connectivity index (χ1) is 12.6. The van der Waals surface area contributed by atoms with Gasteiger partial charge in [0.05, 0.1) is 0 Å². The number of hydrogen-bond donors (Lipinski definition) is 3. The van der Waals surface area contributed by atoms with E-state index in [4.69, 9.17) is 5.11 Å². The number of carbonyl (C=O) groups is 3. The number of para-hydroxylation sites is 1. The summed E-state index contributed by atoms with van der Waals surface area (Å²) in [5.74, 6) is -0.937. The van der Waals surface area contributed by atoms with Gasteiger partial charge in [-0.2, -0.15) is 0 Å². The number of nitrogens with one attached hydrogen (secondary N) is 2. The number of benzene rings is 2. The van der Waals surface area contributed by atoms with Crippen molar-refractivity contribution in [1.29, 1.82) is 0 Å². The number of amides is 2. The van der Waals surface area contributed by atoms with E-state index in [1.165, 1.54) is 0 Å². The fraction of sp³-hybridized carbons (Fsp3) is 0.167. The average molecular weight is 437 g/mol. The van der Waals surface area contributed by atoms with E-state index in [1.54, 1.807) is 16.2 Å². The Morgan fingerprint density at radius 2 is 1.69 bits per heavy atom. The van der Waals surface area contributed by atoms with Gasteiger partial charge in [0, 0.05) is 0 Å². The first-order valence-corrected chi connectivity index (χ1v) is 11.7. The van der Waals surface area contributed by atoms with E-state index in [9.17, 15) is 14.4 Å². The second kappa shape index (κ2) is 10.7. The third kappa shape index (κ3) is 6.92. The average Bonchev–Trinajstić information content (AvgIpc) is 2.64. The molecule has 3 N–H and O–H groups in total. The fourth-order valence-corrected chi connectivity index (χ4v) is 5.84. The molecule has 0 radical (unpaired) electrons. The van der Waals surface area contributed by atoms with Crippen LogP contribution in [0.4, 0.5) is 5.69 Å². The SMILES string of the molecule is O=C(O)CNC(=O)CCS[Se]c1ccccc1C(=O)Nc1ccccc1. The summed E-state index contributed by atoms with van der Waals surface area (Å²) >= 11 is -0.0301. The second-order valence-corrected chi connectivity index (χ2v) is 9.41. The van der Waals surface area contributed by atoms with Gasteiger partial charge in [-0.25, -0.2) is 0 Å². The number of rotatable bonds is 9. The van der Waals surface area contributed by atoms with Crippen LogP contribution >= 0.6 is 10.2 Å². The van der Waals surface area contributed by atoms with Crippen LogP contribution in [-0.4, -0.2) is 49.0 Å². The standard InChI is InChI=1S/C18H18N2O4SSe/c21-16(19-12-17(22)23)10-11-25-26-15-9-5-4-8-14(15)18(24)20-13-6-2-1-3-7-13/h1-9H,10-12H2,(H,19,21)(H,20,24)(H,22,23). The molecule has 2 aromatic rings. The molecule has 0 saturated carbocycles. The molecule has 0 heterocycles. The molecule has 136 valence electrons. The zero-order valence-electron chi connectivity index (χ0n) is 13.8. The van der Waals surface area contributed by atoms with Crippen LogP contribution < -0.4 is 15.1 Å². The summed E-state index contributed by atoms with van der Waals surface area (Å²) < 4.78 is 0.948. The molecular formula is C18H18N2O4SSe. The van der Waals surface area contributed by atoms with Gasteiger partial charge in [-0.1, -0.05) is 0 Å². The number of carboxylic acids is 1. The van der Waals surface area contributed by atoms with Crippen molar-refractivity contribution in [2.24, 2.45) is 0 Å². The van der Waals surface area contributed by atoms with Crippen LogP contribution in [0.5, 0.6) is 0 Å². The molecule has 2 rings (SSSR count). The number of carboxylic acid groups (broad SMARTS) is 1. The van der Waals surface area contributed by atoms with E-state index in [2.05, 4.69) is 10.6 Å². The van der Waals surface area contributed by atoms with Crippen molar-refractivity contribution in [3.8, 4) is 0 Å².